The van der Waals surface area contributed by atoms with E-state index in [1.165, 1.54) is 11.3 Å². The Morgan fingerprint density at radius 2 is 1.88 bits per heavy atom. The fourth-order valence-corrected chi connectivity index (χ4v) is 3.91. The summed E-state index contributed by atoms with van der Waals surface area (Å²) in [7, 11) is 0. The number of hydrogen-bond donors (Lipinski definition) is 2. The molecule has 0 unspecified atom stereocenters. The average molecular weight is 452 g/mol. The van der Waals surface area contributed by atoms with Crippen molar-refractivity contribution in [3.05, 3.63) is 71.4 Å². The molecular formula is C23H22FN5O2S. The van der Waals surface area contributed by atoms with Crippen molar-refractivity contribution < 1.29 is 14.3 Å². The van der Waals surface area contributed by atoms with E-state index in [2.05, 4.69) is 20.6 Å². The average Bonchev–Trinajstić information content (AvgIpc) is 3.47. The molecule has 2 N–H and O–H groups in total. The number of carboxylic acids is 1. The molecule has 7 nitrogen and oxygen atoms in total. The van der Waals surface area contributed by atoms with E-state index in [1.807, 2.05) is 60.1 Å². The second-order valence-electron chi connectivity index (χ2n) is 7.25. The predicted molar refractivity (Wildman–Crippen MR) is 122 cm³/mol. The van der Waals surface area contributed by atoms with Crippen molar-refractivity contribution in [2.24, 2.45) is 0 Å². The van der Waals surface area contributed by atoms with Gasteiger partial charge < -0.3 is 10.4 Å². The van der Waals surface area contributed by atoms with Crippen LogP contribution in [0.25, 0.3) is 16.9 Å². The molecule has 0 saturated heterocycles. The number of hydrogen-bond acceptors (Lipinski definition) is 6. The van der Waals surface area contributed by atoms with Gasteiger partial charge in [0.1, 0.15) is 0 Å². The predicted octanol–water partition coefficient (Wildman–Crippen LogP) is 5.05. The quantitative estimate of drug-likeness (QED) is 0.350. The zero-order chi connectivity index (χ0) is 22.3. The molecule has 9 heteroatoms. The van der Waals surface area contributed by atoms with Gasteiger partial charge in [-0.05, 0) is 49.1 Å². The van der Waals surface area contributed by atoms with Crippen LogP contribution in [-0.2, 0) is 17.6 Å². The molecule has 0 fully saturated rings. The summed E-state index contributed by atoms with van der Waals surface area (Å²) in [5, 5.41) is 23.0. The van der Waals surface area contributed by atoms with Gasteiger partial charge in [0, 0.05) is 23.1 Å². The Morgan fingerprint density at radius 1 is 1.09 bits per heavy atom. The highest BCUT2D eigenvalue weighted by Crippen LogP contribution is 2.28. The third kappa shape index (κ3) is 5.55. The molecule has 32 heavy (non-hydrogen) atoms. The molecular weight excluding hydrogens is 429 g/mol. The number of aryl methyl sites for hydroxylation is 2. The minimum Gasteiger partial charge on any atom is -0.481 e. The number of carboxylic acid groups (broad SMARTS) is 1. The summed E-state index contributed by atoms with van der Waals surface area (Å²) in [6.07, 6.45) is 3.49. The van der Waals surface area contributed by atoms with Gasteiger partial charge >= 0.3 is 5.97 Å². The first-order valence-corrected chi connectivity index (χ1v) is 11.1. The molecule has 4 aromatic rings. The van der Waals surface area contributed by atoms with E-state index in [1.54, 1.807) is 4.68 Å². The Morgan fingerprint density at radius 3 is 2.59 bits per heavy atom. The van der Waals surface area contributed by atoms with Gasteiger partial charge in [-0.25, -0.2) is 9.67 Å². The lowest BCUT2D eigenvalue weighted by molar-refractivity contribution is -0.136. The van der Waals surface area contributed by atoms with Crippen LogP contribution in [0.3, 0.4) is 0 Å². The number of nitrogens with zero attached hydrogens (tertiary/aromatic N) is 4. The van der Waals surface area contributed by atoms with Crippen LogP contribution in [0.2, 0.25) is 0 Å². The van der Waals surface area contributed by atoms with Crippen LogP contribution < -0.4 is 5.32 Å². The lowest BCUT2D eigenvalue weighted by atomic mass is 10.1. The summed E-state index contributed by atoms with van der Waals surface area (Å²) >= 11 is 1.51. The smallest absolute Gasteiger partial charge is 0.303 e. The summed E-state index contributed by atoms with van der Waals surface area (Å²) in [5.74, 6) is -0.796. The Hall–Kier alpha value is -3.59. The van der Waals surface area contributed by atoms with E-state index in [0.717, 1.165) is 39.0 Å². The maximum absolute atomic E-state index is 12.3. The molecule has 2 heterocycles. The van der Waals surface area contributed by atoms with E-state index in [0.29, 0.717) is 19.3 Å². The van der Waals surface area contributed by atoms with Crippen LogP contribution in [-0.4, -0.2) is 37.7 Å². The minimum absolute atomic E-state index is 0.124. The molecule has 0 spiro atoms. The molecule has 0 aliphatic heterocycles. The highest BCUT2D eigenvalue weighted by atomic mass is 32.1. The zero-order valence-electron chi connectivity index (χ0n) is 17.2. The Labute approximate surface area is 188 Å². The SMILES string of the molecule is O=C(O)CCc1ccc(Nc2nc(-c3ccc(-n4cc(CCCF)nn4)cc3)cs2)cc1. The lowest BCUT2D eigenvalue weighted by Gasteiger charge is -2.04. The maximum atomic E-state index is 12.3. The van der Waals surface area contributed by atoms with Gasteiger partial charge in [-0.15, -0.1) is 16.4 Å². The highest BCUT2D eigenvalue weighted by Gasteiger charge is 2.08. The first-order valence-electron chi connectivity index (χ1n) is 10.2. The van der Waals surface area contributed by atoms with Crippen LogP contribution in [0, 0.1) is 0 Å². The standard InChI is InChI=1S/C23H22FN5O2S/c24-13-1-2-19-14-29(28-27-19)20-10-6-17(7-11-20)21-15-32-23(26-21)25-18-8-3-16(4-9-18)5-12-22(30)31/h3-4,6-11,14-15H,1-2,5,12-13H2,(H,25,26)(H,30,31). The number of halogens is 1. The van der Waals surface area contributed by atoms with Crippen molar-refractivity contribution in [1.82, 2.24) is 20.0 Å². The molecule has 0 radical (unpaired) electrons. The maximum Gasteiger partial charge on any atom is 0.303 e. The number of thiazole rings is 1. The number of aliphatic carboxylic acids is 1. The van der Waals surface area contributed by atoms with Gasteiger partial charge in [0.15, 0.2) is 5.13 Å². The summed E-state index contributed by atoms with van der Waals surface area (Å²) < 4.78 is 14.0. The number of alkyl halides is 1. The largest absolute Gasteiger partial charge is 0.481 e. The number of benzene rings is 2. The molecule has 2 aromatic carbocycles. The number of nitrogens with one attached hydrogen (secondary N) is 1. The molecule has 0 amide bonds. The van der Waals surface area contributed by atoms with Crippen LogP contribution in [0.4, 0.5) is 15.2 Å². The van der Waals surface area contributed by atoms with Crippen LogP contribution in [0.15, 0.2) is 60.1 Å². The second kappa shape index (κ2) is 10.1. The van der Waals surface area contributed by atoms with Crippen molar-refractivity contribution in [3.63, 3.8) is 0 Å². The number of aromatic nitrogens is 4. The molecule has 0 aliphatic rings. The first kappa shape index (κ1) is 21.6. The third-order valence-corrected chi connectivity index (χ3v) is 5.63. The third-order valence-electron chi connectivity index (χ3n) is 4.87. The van der Waals surface area contributed by atoms with Crippen LogP contribution in [0.1, 0.15) is 24.1 Å². The summed E-state index contributed by atoms with van der Waals surface area (Å²) in [5.41, 5.74) is 5.39. The van der Waals surface area contributed by atoms with E-state index < -0.39 is 5.97 Å². The Balaban J connectivity index is 1.39. The Kier molecular flexibility index (Phi) is 6.86. The van der Waals surface area contributed by atoms with Crippen molar-refractivity contribution in [2.45, 2.75) is 25.7 Å². The Bertz CT molecular complexity index is 1170. The van der Waals surface area contributed by atoms with Crippen molar-refractivity contribution in [3.8, 4) is 16.9 Å². The van der Waals surface area contributed by atoms with Gasteiger partial charge in [0.05, 0.1) is 29.9 Å². The molecule has 2 aromatic heterocycles. The van der Waals surface area contributed by atoms with Gasteiger partial charge in [0.2, 0.25) is 0 Å². The second-order valence-corrected chi connectivity index (χ2v) is 8.11. The zero-order valence-corrected chi connectivity index (χ0v) is 18.1. The highest BCUT2D eigenvalue weighted by molar-refractivity contribution is 7.14. The van der Waals surface area contributed by atoms with E-state index in [4.69, 9.17) is 5.11 Å². The van der Waals surface area contributed by atoms with Crippen LogP contribution >= 0.6 is 11.3 Å². The monoisotopic (exact) mass is 451 g/mol. The molecule has 0 saturated carbocycles. The molecule has 0 bridgehead atoms. The summed E-state index contributed by atoms with van der Waals surface area (Å²) in [4.78, 5) is 15.3. The van der Waals surface area contributed by atoms with E-state index in [9.17, 15) is 9.18 Å². The van der Waals surface area contributed by atoms with Gasteiger partial charge in [-0.3, -0.25) is 9.18 Å². The minimum atomic E-state index is -0.796. The number of carbonyl (C=O) groups is 1. The lowest BCUT2D eigenvalue weighted by Crippen LogP contribution is -1.97. The van der Waals surface area contributed by atoms with Crippen molar-refractivity contribution >= 4 is 28.1 Å². The number of anilines is 2. The first-order chi connectivity index (χ1) is 15.6. The van der Waals surface area contributed by atoms with E-state index in [-0.39, 0.29) is 13.1 Å². The topological polar surface area (TPSA) is 92.9 Å². The summed E-state index contributed by atoms with van der Waals surface area (Å²) in [6, 6.07) is 15.6. The molecule has 4 rings (SSSR count). The molecule has 0 atom stereocenters. The fraction of sp³-hybridized carbons (Fsp3) is 0.217. The van der Waals surface area contributed by atoms with Gasteiger partial charge in [0.25, 0.3) is 0 Å². The van der Waals surface area contributed by atoms with Crippen molar-refractivity contribution in [1.29, 1.82) is 0 Å². The summed E-state index contributed by atoms with van der Waals surface area (Å²) in [6.45, 7) is -0.357. The van der Waals surface area contributed by atoms with Crippen LogP contribution in [0.5, 0.6) is 0 Å². The van der Waals surface area contributed by atoms with Crippen molar-refractivity contribution in [2.75, 3.05) is 12.0 Å². The van der Waals surface area contributed by atoms with E-state index >= 15 is 0 Å². The fourth-order valence-electron chi connectivity index (χ4n) is 3.17. The normalized spacial score (nSPS) is 10.9. The molecule has 0 aliphatic carbocycles. The molecule has 164 valence electrons. The number of rotatable bonds is 10. The van der Waals surface area contributed by atoms with Gasteiger partial charge in [-0.1, -0.05) is 29.5 Å². The van der Waals surface area contributed by atoms with Gasteiger partial charge in [-0.2, -0.15) is 0 Å².